The first-order valence-corrected chi connectivity index (χ1v) is 9.42. The Hall–Kier alpha value is -3.41. The molecule has 4 rings (SSSR count). The number of benzene rings is 2. The number of nitrogens with one attached hydrogen (secondary N) is 1. The van der Waals surface area contributed by atoms with E-state index in [0.29, 0.717) is 25.1 Å². The van der Waals surface area contributed by atoms with Gasteiger partial charge in [0.25, 0.3) is 5.91 Å². The van der Waals surface area contributed by atoms with Crippen LogP contribution in [0, 0.1) is 0 Å². The van der Waals surface area contributed by atoms with Crippen LogP contribution in [0.4, 0.5) is 0 Å². The molecule has 6 nitrogen and oxygen atoms in total. The second-order valence-corrected chi connectivity index (χ2v) is 6.90. The van der Waals surface area contributed by atoms with E-state index >= 15 is 0 Å². The number of carbonyl (C=O) groups excluding carboxylic acids is 2. The largest absolute Gasteiger partial charge is 0.348 e. The van der Waals surface area contributed by atoms with Gasteiger partial charge in [-0.05, 0) is 35.7 Å². The molecule has 1 aliphatic heterocycles. The van der Waals surface area contributed by atoms with Gasteiger partial charge in [-0.15, -0.1) is 0 Å². The Morgan fingerprint density at radius 3 is 2.64 bits per heavy atom. The van der Waals surface area contributed by atoms with Crippen LogP contribution in [0.2, 0.25) is 0 Å². The zero-order chi connectivity index (χ0) is 19.3. The molecule has 6 heteroatoms. The fraction of sp³-hybridized carbons (Fsp3) is 0.227. The van der Waals surface area contributed by atoms with Gasteiger partial charge in [0, 0.05) is 44.0 Å². The molecule has 0 saturated carbocycles. The lowest BCUT2D eigenvalue weighted by Crippen LogP contribution is -2.24. The van der Waals surface area contributed by atoms with E-state index in [1.54, 1.807) is 12.5 Å². The monoisotopic (exact) mass is 374 g/mol. The molecule has 0 bridgehead atoms. The summed E-state index contributed by atoms with van der Waals surface area (Å²) in [5.74, 6) is 0.0858. The Balaban J connectivity index is 1.39. The van der Waals surface area contributed by atoms with E-state index in [1.807, 2.05) is 64.2 Å². The smallest absolute Gasteiger partial charge is 0.251 e. The average Bonchev–Trinajstić information content (AvgIpc) is 3.39. The van der Waals surface area contributed by atoms with Crippen LogP contribution < -0.4 is 5.32 Å². The van der Waals surface area contributed by atoms with E-state index in [9.17, 15) is 9.59 Å². The van der Waals surface area contributed by atoms with Gasteiger partial charge >= 0.3 is 0 Å². The van der Waals surface area contributed by atoms with E-state index in [0.717, 1.165) is 29.8 Å². The SMILES string of the molecule is O=C(NCc1ccccc1-n1ccnc1)c1ccc(CN2CCCC2=O)cc1. The summed E-state index contributed by atoms with van der Waals surface area (Å²) < 4.78 is 1.93. The number of rotatable bonds is 6. The topological polar surface area (TPSA) is 67.2 Å². The molecular formula is C22H22N4O2. The van der Waals surface area contributed by atoms with Gasteiger partial charge in [0.2, 0.25) is 5.91 Å². The zero-order valence-electron chi connectivity index (χ0n) is 15.5. The van der Waals surface area contributed by atoms with Crippen molar-refractivity contribution in [2.45, 2.75) is 25.9 Å². The first-order chi connectivity index (χ1) is 13.7. The minimum Gasteiger partial charge on any atom is -0.348 e. The molecule has 1 fully saturated rings. The van der Waals surface area contributed by atoms with Gasteiger partial charge < -0.3 is 14.8 Å². The van der Waals surface area contributed by atoms with Crippen molar-refractivity contribution in [3.8, 4) is 5.69 Å². The van der Waals surface area contributed by atoms with Crippen molar-refractivity contribution in [1.29, 1.82) is 0 Å². The van der Waals surface area contributed by atoms with Crippen LogP contribution in [-0.2, 0) is 17.9 Å². The van der Waals surface area contributed by atoms with Crippen molar-refractivity contribution < 1.29 is 9.59 Å². The van der Waals surface area contributed by atoms with Crippen LogP contribution in [0.3, 0.4) is 0 Å². The third kappa shape index (κ3) is 3.96. The average molecular weight is 374 g/mol. The summed E-state index contributed by atoms with van der Waals surface area (Å²) in [5, 5.41) is 2.98. The van der Waals surface area contributed by atoms with E-state index in [2.05, 4.69) is 10.3 Å². The highest BCUT2D eigenvalue weighted by Crippen LogP contribution is 2.16. The highest BCUT2D eigenvalue weighted by molar-refractivity contribution is 5.94. The molecule has 1 saturated heterocycles. The van der Waals surface area contributed by atoms with Crippen molar-refractivity contribution in [1.82, 2.24) is 19.8 Å². The Labute approximate surface area is 163 Å². The minimum absolute atomic E-state index is 0.121. The molecule has 1 aromatic heterocycles. The van der Waals surface area contributed by atoms with Crippen LogP contribution in [-0.4, -0.2) is 32.8 Å². The van der Waals surface area contributed by atoms with E-state index in [1.165, 1.54) is 0 Å². The lowest BCUT2D eigenvalue weighted by molar-refractivity contribution is -0.128. The molecule has 3 aromatic rings. The van der Waals surface area contributed by atoms with Crippen molar-refractivity contribution in [2.24, 2.45) is 0 Å². The number of hydrogen-bond acceptors (Lipinski definition) is 3. The van der Waals surface area contributed by atoms with E-state index < -0.39 is 0 Å². The maximum Gasteiger partial charge on any atom is 0.251 e. The highest BCUT2D eigenvalue weighted by atomic mass is 16.2. The number of nitrogens with zero attached hydrogens (tertiary/aromatic N) is 3. The van der Waals surface area contributed by atoms with Gasteiger partial charge in [0.15, 0.2) is 0 Å². The van der Waals surface area contributed by atoms with Gasteiger partial charge in [0.05, 0.1) is 12.0 Å². The van der Waals surface area contributed by atoms with Gasteiger partial charge in [-0.3, -0.25) is 9.59 Å². The molecule has 2 heterocycles. The van der Waals surface area contributed by atoms with Crippen LogP contribution >= 0.6 is 0 Å². The van der Waals surface area contributed by atoms with E-state index in [-0.39, 0.29) is 11.8 Å². The van der Waals surface area contributed by atoms with Gasteiger partial charge in [-0.2, -0.15) is 0 Å². The summed E-state index contributed by atoms with van der Waals surface area (Å²) in [5.41, 5.74) is 3.65. The summed E-state index contributed by atoms with van der Waals surface area (Å²) in [6.07, 6.45) is 6.92. The van der Waals surface area contributed by atoms with Crippen LogP contribution in [0.1, 0.15) is 34.3 Å². The third-order valence-electron chi connectivity index (χ3n) is 4.97. The lowest BCUT2D eigenvalue weighted by Gasteiger charge is -2.15. The molecule has 0 unspecified atom stereocenters. The van der Waals surface area contributed by atoms with Crippen LogP contribution in [0.5, 0.6) is 0 Å². The first kappa shape index (κ1) is 18.0. The Kier molecular flexibility index (Phi) is 5.19. The quantitative estimate of drug-likeness (QED) is 0.721. The normalized spacial score (nSPS) is 13.7. The van der Waals surface area contributed by atoms with Gasteiger partial charge in [-0.25, -0.2) is 4.98 Å². The lowest BCUT2D eigenvalue weighted by atomic mass is 10.1. The number of aromatic nitrogens is 2. The molecule has 142 valence electrons. The van der Waals surface area contributed by atoms with Crippen LogP contribution in [0.25, 0.3) is 5.69 Å². The molecular weight excluding hydrogens is 352 g/mol. The zero-order valence-corrected chi connectivity index (χ0v) is 15.5. The number of para-hydroxylation sites is 1. The van der Waals surface area contributed by atoms with Gasteiger partial charge in [0.1, 0.15) is 0 Å². The Morgan fingerprint density at radius 1 is 1.11 bits per heavy atom. The predicted octanol–water partition coefficient (Wildman–Crippen LogP) is 2.92. The van der Waals surface area contributed by atoms with Crippen molar-refractivity contribution in [3.05, 3.63) is 83.9 Å². The maximum absolute atomic E-state index is 12.5. The standard InChI is InChI=1S/C22H22N4O2/c27-21-6-3-12-25(21)15-17-7-9-18(10-8-17)22(28)24-14-19-4-1-2-5-20(19)26-13-11-23-16-26/h1-2,4-5,7-11,13,16H,3,6,12,14-15H2,(H,24,28). The number of amides is 2. The van der Waals surface area contributed by atoms with Crippen molar-refractivity contribution >= 4 is 11.8 Å². The van der Waals surface area contributed by atoms with E-state index in [4.69, 9.17) is 0 Å². The Morgan fingerprint density at radius 2 is 1.93 bits per heavy atom. The molecule has 2 amide bonds. The first-order valence-electron chi connectivity index (χ1n) is 9.42. The molecule has 0 atom stereocenters. The maximum atomic E-state index is 12.5. The fourth-order valence-electron chi connectivity index (χ4n) is 3.44. The molecule has 0 aliphatic carbocycles. The van der Waals surface area contributed by atoms with Crippen molar-refractivity contribution in [3.63, 3.8) is 0 Å². The molecule has 2 aromatic carbocycles. The number of likely N-dealkylation sites (tertiary alicyclic amines) is 1. The number of imidazole rings is 1. The molecule has 28 heavy (non-hydrogen) atoms. The minimum atomic E-state index is -0.121. The van der Waals surface area contributed by atoms with Crippen molar-refractivity contribution in [2.75, 3.05) is 6.54 Å². The molecule has 1 N–H and O–H groups in total. The van der Waals surface area contributed by atoms with Crippen LogP contribution in [0.15, 0.2) is 67.3 Å². The summed E-state index contributed by atoms with van der Waals surface area (Å²) in [6, 6.07) is 15.4. The summed E-state index contributed by atoms with van der Waals surface area (Å²) in [4.78, 5) is 30.2. The predicted molar refractivity (Wildman–Crippen MR) is 106 cm³/mol. The third-order valence-corrected chi connectivity index (χ3v) is 4.97. The Bertz CT molecular complexity index is 964. The highest BCUT2D eigenvalue weighted by Gasteiger charge is 2.20. The summed E-state index contributed by atoms with van der Waals surface area (Å²) in [7, 11) is 0. The second-order valence-electron chi connectivity index (χ2n) is 6.90. The second kappa shape index (κ2) is 8.08. The molecule has 0 spiro atoms. The number of carbonyl (C=O) groups is 2. The summed E-state index contributed by atoms with van der Waals surface area (Å²) >= 11 is 0. The molecule has 1 aliphatic rings. The fourth-order valence-corrected chi connectivity index (χ4v) is 3.44. The summed E-state index contributed by atoms with van der Waals surface area (Å²) in [6.45, 7) is 1.85. The number of hydrogen-bond donors (Lipinski definition) is 1. The van der Waals surface area contributed by atoms with Gasteiger partial charge in [-0.1, -0.05) is 30.3 Å². The molecule has 0 radical (unpaired) electrons.